The van der Waals surface area contributed by atoms with E-state index in [2.05, 4.69) is 6.07 Å². The second-order valence-electron chi connectivity index (χ2n) is 4.97. The summed E-state index contributed by atoms with van der Waals surface area (Å²) in [6.45, 7) is 0.693. The van der Waals surface area contributed by atoms with E-state index in [-0.39, 0.29) is 5.91 Å². The fourth-order valence-electron chi connectivity index (χ4n) is 2.53. The van der Waals surface area contributed by atoms with Gasteiger partial charge < -0.3 is 9.64 Å². The van der Waals surface area contributed by atoms with E-state index in [9.17, 15) is 4.79 Å². The average molecular weight is 334 g/mol. The molecule has 0 atom stereocenters. The Morgan fingerprint density at radius 2 is 2.09 bits per heavy atom. The van der Waals surface area contributed by atoms with E-state index in [4.69, 9.17) is 16.3 Å². The first kappa shape index (κ1) is 15.3. The highest BCUT2D eigenvalue weighted by atomic mass is 35.5. The van der Waals surface area contributed by atoms with Gasteiger partial charge in [0.15, 0.2) is 0 Å². The van der Waals surface area contributed by atoms with Crippen LogP contribution >= 0.6 is 23.4 Å². The molecule has 5 heteroatoms. The number of carbonyl (C=O) groups is 1. The molecule has 0 radical (unpaired) electrons. The topological polar surface area (TPSA) is 29.5 Å². The van der Waals surface area contributed by atoms with Crippen molar-refractivity contribution in [3.63, 3.8) is 0 Å². The largest absolute Gasteiger partial charge is 0.496 e. The Kier molecular flexibility index (Phi) is 4.60. The van der Waals surface area contributed by atoms with Crippen molar-refractivity contribution in [1.82, 2.24) is 0 Å². The van der Waals surface area contributed by atoms with Gasteiger partial charge in [-0.15, -0.1) is 11.8 Å². The zero-order chi connectivity index (χ0) is 15.5. The molecule has 1 aliphatic heterocycles. The van der Waals surface area contributed by atoms with E-state index in [1.165, 1.54) is 0 Å². The molecule has 3 nitrogen and oxygen atoms in total. The van der Waals surface area contributed by atoms with Crippen LogP contribution in [-0.4, -0.2) is 25.3 Å². The van der Waals surface area contributed by atoms with Crippen LogP contribution in [0.4, 0.5) is 5.69 Å². The molecule has 22 heavy (non-hydrogen) atoms. The van der Waals surface area contributed by atoms with Crippen LogP contribution in [0.1, 0.15) is 16.8 Å². The minimum absolute atomic E-state index is 0.0747. The Labute approximate surface area is 139 Å². The van der Waals surface area contributed by atoms with Gasteiger partial charge in [-0.3, -0.25) is 4.79 Å². The normalized spacial score (nSPS) is 14.2. The van der Waals surface area contributed by atoms with Crippen LogP contribution in [0.15, 0.2) is 47.4 Å². The van der Waals surface area contributed by atoms with Crippen molar-refractivity contribution in [1.29, 1.82) is 0 Å². The van der Waals surface area contributed by atoms with Gasteiger partial charge in [0.2, 0.25) is 0 Å². The zero-order valence-electron chi connectivity index (χ0n) is 12.2. The molecular weight excluding hydrogens is 318 g/mol. The van der Waals surface area contributed by atoms with Crippen LogP contribution in [0.25, 0.3) is 0 Å². The van der Waals surface area contributed by atoms with Gasteiger partial charge in [0.25, 0.3) is 5.91 Å². The van der Waals surface area contributed by atoms with Crippen molar-refractivity contribution < 1.29 is 9.53 Å². The highest BCUT2D eigenvalue weighted by Gasteiger charge is 2.24. The summed E-state index contributed by atoms with van der Waals surface area (Å²) >= 11 is 7.85. The minimum Gasteiger partial charge on any atom is -0.496 e. The van der Waals surface area contributed by atoms with Crippen LogP contribution < -0.4 is 9.64 Å². The Balaban J connectivity index is 2.04. The van der Waals surface area contributed by atoms with E-state index < -0.39 is 0 Å². The molecule has 0 unspecified atom stereocenters. The number of fused-ring (bicyclic) bond motifs is 1. The molecule has 0 aliphatic carbocycles. The number of para-hydroxylation sites is 1. The predicted molar refractivity (Wildman–Crippen MR) is 91.5 cm³/mol. The van der Waals surface area contributed by atoms with Crippen molar-refractivity contribution >= 4 is 35.0 Å². The van der Waals surface area contributed by atoms with Gasteiger partial charge in [-0.2, -0.15) is 0 Å². The third-order valence-electron chi connectivity index (χ3n) is 3.58. The second-order valence-corrected chi connectivity index (χ2v) is 6.54. The highest BCUT2D eigenvalue weighted by Crippen LogP contribution is 2.35. The number of amides is 1. The Morgan fingerprint density at radius 1 is 1.27 bits per heavy atom. The molecule has 0 N–H and O–H groups in total. The molecule has 2 aromatic carbocycles. The maximum absolute atomic E-state index is 13.0. The number of anilines is 1. The summed E-state index contributed by atoms with van der Waals surface area (Å²) in [5.41, 5.74) is 1.45. The standard InChI is InChI=1S/C17H16ClNO2S/c1-21-15-8-7-12(18)11-13(15)17(20)19-9-4-10-22-16-6-3-2-5-14(16)19/h2-3,5-8,11H,4,9-10H2,1H3. The number of thioether (sulfide) groups is 1. The number of nitrogens with zero attached hydrogens (tertiary/aromatic N) is 1. The summed E-state index contributed by atoms with van der Waals surface area (Å²) in [4.78, 5) is 16.0. The first-order chi connectivity index (χ1) is 10.7. The molecule has 0 fully saturated rings. The molecule has 0 aromatic heterocycles. The van der Waals surface area contributed by atoms with E-state index >= 15 is 0 Å². The Bertz CT molecular complexity index is 705. The SMILES string of the molecule is COc1ccc(Cl)cc1C(=O)N1CCCSc2ccccc21. The van der Waals surface area contributed by atoms with Crippen LogP contribution in [0.3, 0.4) is 0 Å². The van der Waals surface area contributed by atoms with E-state index in [0.29, 0.717) is 22.9 Å². The van der Waals surface area contributed by atoms with Crippen molar-refractivity contribution in [3.05, 3.63) is 53.1 Å². The molecule has 114 valence electrons. The molecule has 0 bridgehead atoms. The maximum Gasteiger partial charge on any atom is 0.262 e. The zero-order valence-corrected chi connectivity index (χ0v) is 13.8. The number of halogens is 1. The van der Waals surface area contributed by atoms with Crippen molar-refractivity contribution in [2.45, 2.75) is 11.3 Å². The number of methoxy groups -OCH3 is 1. The van der Waals surface area contributed by atoms with Gasteiger partial charge in [0.05, 0.1) is 18.4 Å². The van der Waals surface area contributed by atoms with Crippen LogP contribution in [0.2, 0.25) is 5.02 Å². The van der Waals surface area contributed by atoms with Gasteiger partial charge in [-0.1, -0.05) is 23.7 Å². The lowest BCUT2D eigenvalue weighted by Gasteiger charge is -2.23. The van der Waals surface area contributed by atoms with Gasteiger partial charge in [0.1, 0.15) is 5.75 Å². The molecule has 1 heterocycles. The molecule has 1 amide bonds. The molecule has 0 saturated carbocycles. The molecule has 1 aliphatic rings. The maximum atomic E-state index is 13.0. The highest BCUT2D eigenvalue weighted by molar-refractivity contribution is 7.99. The van der Waals surface area contributed by atoms with Crippen LogP contribution in [0, 0.1) is 0 Å². The minimum atomic E-state index is -0.0747. The van der Waals surface area contributed by atoms with Crippen molar-refractivity contribution in [2.24, 2.45) is 0 Å². The smallest absolute Gasteiger partial charge is 0.262 e. The quantitative estimate of drug-likeness (QED) is 0.811. The lowest BCUT2D eigenvalue weighted by Crippen LogP contribution is -2.32. The summed E-state index contributed by atoms with van der Waals surface area (Å²) in [5.74, 6) is 1.48. The number of carbonyl (C=O) groups excluding carboxylic acids is 1. The summed E-state index contributed by atoms with van der Waals surface area (Å²) in [6, 6.07) is 13.1. The van der Waals surface area contributed by atoms with Gasteiger partial charge in [-0.05, 0) is 42.5 Å². The summed E-state index contributed by atoms with van der Waals surface area (Å²) in [5, 5.41) is 0.529. The van der Waals surface area contributed by atoms with Crippen LogP contribution in [-0.2, 0) is 0 Å². The average Bonchev–Trinajstić information content (AvgIpc) is 2.76. The van der Waals surface area contributed by atoms with Crippen molar-refractivity contribution in [3.8, 4) is 5.75 Å². The Morgan fingerprint density at radius 3 is 2.91 bits per heavy atom. The third-order valence-corrected chi connectivity index (χ3v) is 4.96. The number of hydrogen-bond donors (Lipinski definition) is 0. The fraction of sp³-hybridized carbons (Fsp3) is 0.235. The van der Waals surface area contributed by atoms with E-state index in [0.717, 1.165) is 22.8 Å². The predicted octanol–water partition coefficient (Wildman–Crippen LogP) is 4.49. The summed E-state index contributed by atoms with van der Waals surface area (Å²) in [6.07, 6.45) is 0.952. The lowest BCUT2D eigenvalue weighted by atomic mass is 10.1. The fourth-order valence-corrected chi connectivity index (χ4v) is 3.70. The number of benzene rings is 2. The van der Waals surface area contributed by atoms with Gasteiger partial charge in [-0.25, -0.2) is 0 Å². The number of rotatable bonds is 2. The third kappa shape index (κ3) is 2.94. The lowest BCUT2D eigenvalue weighted by molar-refractivity contribution is 0.0984. The first-order valence-corrected chi connectivity index (χ1v) is 8.44. The number of hydrogen-bond acceptors (Lipinski definition) is 3. The molecule has 0 saturated heterocycles. The van der Waals surface area contributed by atoms with Crippen molar-refractivity contribution in [2.75, 3.05) is 24.3 Å². The summed E-state index contributed by atoms with van der Waals surface area (Å²) < 4.78 is 5.32. The van der Waals surface area contributed by atoms with Gasteiger partial charge in [0, 0.05) is 16.5 Å². The van der Waals surface area contributed by atoms with Crippen LogP contribution in [0.5, 0.6) is 5.75 Å². The molecule has 3 rings (SSSR count). The molecule has 2 aromatic rings. The first-order valence-electron chi connectivity index (χ1n) is 7.08. The van der Waals surface area contributed by atoms with Gasteiger partial charge >= 0.3 is 0 Å². The molecule has 0 spiro atoms. The Hall–Kier alpha value is -1.65. The monoisotopic (exact) mass is 333 g/mol. The van der Waals surface area contributed by atoms with E-state index in [1.54, 1.807) is 37.1 Å². The second kappa shape index (κ2) is 6.63. The number of ether oxygens (including phenoxy) is 1. The summed E-state index contributed by atoms with van der Waals surface area (Å²) in [7, 11) is 1.56. The molecular formula is C17H16ClNO2S. The van der Waals surface area contributed by atoms with E-state index in [1.807, 2.05) is 23.1 Å².